The zero-order valence-electron chi connectivity index (χ0n) is 11.1. The fourth-order valence-electron chi connectivity index (χ4n) is 2.60. The van der Waals surface area contributed by atoms with E-state index in [-0.39, 0.29) is 0 Å². The van der Waals surface area contributed by atoms with Crippen molar-refractivity contribution in [2.45, 2.75) is 6.92 Å². The summed E-state index contributed by atoms with van der Waals surface area (Å²) in [4.78, 5) is 9.41. The highest BCUT2D eigenvalue weighted by Gasteiger charge is 2.17. The standard InChI is InChI=1S/C15H19N3/c1-12-5-6-14(15-13(12)4-3-7-16-15)18-10-8-17(2)9-11-18/h3-7H,8-11H2,1-2H3. The Balaban J connectivity index is 2.04. The summed E-state index contributed by atoms with van der Waals surface area (Å²) in [5.74, 6) is 0. The van der Waals surface area contributed by atoms with Crippen LogP contribution in [0.15, 0.2) is 30.5 Å². The van der Waals surface area contributed by atoms with E-state index in [1.165, 1.54) is 16.6 Å². The van der Waals surface area contributed by atoms with Gasteiger partial charge in [0.25, 0.3) is 0 Å². The summed E-state index contributed by atoms with van der Waals surface area (Å²) in [5, 5.41) is 1.27. The molecular formula is C15H19N3. The molecule has 0 radical (unpaired) electrons. The molecule has 1 aliphatic rings. The summed E-state index contributed by atoms with van der Waals surface area (Å²) in [6.07, 6.45) is 1.89. The van der Waals surface area contributed by atoms with Crippen LogP contribution in [-0.4, -0.2) is 43.1 Å². The molecule has 1 aromatic heterocycles. The van der Waals surface area contributed by atoms with Crippen LogP contribution in [0, 0.1) is 6.92 Å². The Morgan fingerprint density at radius 2 is 1.83 bits per heavy atom. The second-order valence-corrected chi connectivity index (χ2v) is 5.09. The molecule has 0 spiro atoms. The molecule has 2 aromatic rings. The number of fused-ring (bicyclic) bond motifs is 1. The number of benzene rings is 1. The molecule has 94 valence electrons. The van der Waals surface area contributed by atoms with E-state index in [1.54, 1.807) is 0 Å². The molecule has 1 aliphatic heterocycles. The molecule has 3 rings (SSSR count). The number of likely N-dealkylation sites (N-methyl/N-ethyl adjacent to an activating group) is 1. The molecule has 0 bridgehead atoms. The monoisotopic (exact) mass is 241 g/mol. The van der Waals surface area contributed by atoms with Crippen molar-refractivity contribution >= 4 is 16.6 Å². The van der Waals surface area contributed by atoms with Crippen LogP contribution in [0.5, 0.6) is 0 Å². The van der Waals surface area contributed by atoms with Gasteiger partial charge in [0, 0.05) is 37.8 Å². The van der Waals surface area contributed by atoms with Crippen molar-refractivity contribution in [1.82, 2.24) is 9.88 Å². The maximum absolute atomic E-state index is 4.58. The minimum atomic E-state index is 1.09. The van der Waals surface area contributed by atoms with Gasteiger partial charge in [0.2, 0.25) is 0 Å². The van der Waals surface area contributed by atoms with Gasteiger partial charge in [0.05, 0.1) is 11.2 Å². The highest BCUT2D eigenvalue weighted by molar-refractivity contribution is 5.93. The zero-order valence-corrected chi connectivity index (χ0v) is 11.1. The Bertz CT molecular complexity index is 557. The lowest BCUT2D eigenvalue weighted by molar-refractivity contribution is 0.313. The van der Waals surface area contributed by atoms with Gasteiger partial charge in [-0.15, -0.1) is 0 Å². The minimum absolute atomic E-state index is 1.09. The van der Waals surface area contributed by atoms with Gasteiger partial charge in [-0.05, 0) is 31.7 Å². The van der Waals surface area contributed by atoms with Crippen LogP contribution >= 0.6 is 0 Å². The van der Waals surface area contributed by atoms with Crippen LogP contribution < -0.4 is 4.90 Å². The fourth-order valence-corrected chi connectivity index (χ4v) is 2.60. The molecule has 3 nitrogen and oxygen atoms in total. The molecule has 1 aromatic carbocycles. The van der Waals surface area contributed by atoms with Crippen LogP contribution in [0.2, 0.25) is 0 Å². The van der Waals surface area contributed by atoms with Gasteiger partial charge in [-0.2, -0.15) is 0 Å². The van der Waals surface area contributed by atoms with E-state index in [1.807, 2.05) is 12.3 Å². The van der Waals surface area contributed by atoms with Crippen LogP contribution in [-0.2, 0) is 0 Å². The number of aryl methyl sites for hydroxylation is 1. The largest absolute Gasteiger partial charge is 0.367 e. The van der Waals surface area contributed by atoms with Gasteiger partial charge in [-0.25, -0.2) is 0 Å². The highest BCUT2D eigenvalue weighted by Crippen LogP contribution is 2.27. The first-order chi connectivity index (χ1) is 8.75. The van der Waals surface area contributed by atoms with E-state index in [2.05, 4.69) is 47.0 Å². The van der Waals surface area contributed by atoms with Crippen LogP contribution in [0.1, 0.15) is 5.56 Å². The summed E-state index contributed by atoms with van der Waals surface area (Å²) in [6, 6.07) is 8.61. The second kappa shape index (κ2) is 4.58. The van der Waals surface area contributed by atoms with Crippen molar-refractivity contribution < 1.29 is 0 Å². The van der Waals surface area contributed by atoms with Crippen molar-refractivity contribution in [1.29, 1.82) is 0 Å². The molecule has 0 amide bonds. The summed E-state index contributed by atoms with van der Waals surface area (Å²) in [6.45, 7) is 6.58. The third-order valence-corrected chi connectivity index (χ3v) is 3.81. The predicted molar refractivity (Wildman–Crippen MR) is 76.2 cm³/mol. The number of aromatic nitrogens is 1. The maximum Gasteiger partial charge on any atom is 0.0937 e. The molecule has 18 heavy (non-hydrogen) atoms. The molecule has 1 fully saturated rings. The third kappa shape index (κ3) is 1.95. The SMILES string of the molecule is Cc1ccc(N2CCN(C)CC2)c2ncccc12. The van der Waals surface area contributed by atoms with Gasteiger partial charge in [0.1, 0.15) is 0 Å². The first-order valence-electron chi connectivity index (χ1n) is 6.53. The Hall–Kier alpha value is -1.61. The summed E-state index contributed by atoms with van der Waals surface area (Å²) < 4.78 is 0. The number of pyridine rings is 1. The molecule has 0 saturated carbocycles. The third-order valence-electron chi connectivity index (χ3n) is 3.81. The number of nitrogens with zero attached hydrogens (tertiary/aromatic N) is 3. The molecular weight excluding hydrogens is 222 g/mol. The molecule has 0 atom stereocenters. The second-order valence-electron chi connectivity index (χ2n) is 5.09. The summed E-state index contributed by atoms with van der Waals surface area (Å²) >= 11 is 0. The molecule has 1 saturated heterocycles. The van der Waals surface area contributed by atoms with Crippen LogP contribution in [0.4, 0.5) is 5.69 Å². The Morgan fingerprint density at radius 1 is 1.06 bits per heavy atom. The van der Waals surface area contributed by atoms with Crippen molar-refractivity contribution in [3.05, 3.63) is 36.0 Å². The summed E-state index contributed by atoms with van der Waals surface area (Å²) in [5.41, 5.74) is 3.72. The van der Waals surface area contributed by atoms with E-state index in [4.69, 9.17) is 0 Å². The van der Waals surface area contributed by atoms with Gasteiger partial charge in [-0.3, -0.25) is 4.98 Å². The quantitative estimate of drug-likeness (QED) is 0.763. The smallest absolute Gasteiger partial charge is 0.0937 e. The minimum Gasteiger partial charge on any atom is -0.367 e. The number of piperazine rings is 1. The Labute approximate surface area is 108 Å². The average Bonchev–Trinajstić information content (AvgIpc) is 2.41. The van der Waals surface area contributed by atoms with Gasteiger partial charge >= 0.3 is 0 Å². The van der Waals surface area contributed by atoms with Crippen LogP contribution in [0.3, 0.4) is 0 Å². The molecule has 0 N–H and O–H groups in total. The number of hydrogen-bond acceptors (Lipinski definition) is 3. The molecule has 0 unspecified atom stereocenters. The van der Waals surface area contributed by atoms with E-state index in [0.717, 1.165) is 31.7 Å². The topological polar surface area (TPSA) is 19.4 Å². The van der Waals surface area contributed by atoms with Crippen LogP contribution in [0.25, 0.3) is 10.9 Å². The number of anilines is 1. The van der Waals surface area contributed by atoms with Gasteiger partial charge in [-0.1, -0.05) is 12.1 Å². The van der Waals surface area contributed by atoms with Crippen molar-refractivity contribution in [2.24, 2.45) is 0 Å². The van der Waals surface area contributed by atoms with Gasteiger partial charge in [0.15, 0.2) is 0 Å². The zero-order chi connectivity index (χ0) is 12.5. The highest BCUT2D eigenvalue weighted by atomic mass is 15.2. The lowest BCUT2D eigenvalue weighted by Gasteiger charge is -2.34. The van der Waals surface area contributed by atoms with E-state index in [9.17, 15) is 0 Å². The number of hydrogen-bond donors (Lipinski definition) is 0. The molecule has 0 aliphatic carbocycles. The Kier molecular flexibility index (Phi) is 2.92. The number of rotatable bonds is 1. The molecule has 2 heterocycles. The van der Waals surface area contributed by atoms with Crippen molar-refractivity contribution in [2.75, 3.05) is 38.1 Å². The Morgan fingerprint density at radius 3 is 2.61 bits per heavy atom. The van der Waals surface area contributed by atoms with E-state index < -0.39 is 0 Å². The lowest BCUT2D eigenvalue weighted by Crippen LogP contribution is -2.44. The maximum atomic E-state index is 4.58. The lowest BCUT2D eigenvalue weighted by atomic mass is 10.1. The van der Waals surface area contributed by atoms with E-state index >= 15 is 0 Å². The summed E-state index contributed by atoms with van der Waals surface area (Å²) in [7, 11) is 2.18. The van der Waals surface area contributed by atoms with Gasteiger partial charge < -0.3 is 9.80 Å². The predicted octanol–water partition coefficient (Wildman–Crippen LogP) is 2.30. The average molecular weight is 241 g/mol. The normalized spacial score (nSPS) is 17.3. The van der Waals surface area contributed by atoms with Crippen molar-refractivity contribution in [3.63, 3.8) is 0 Å². The first kappa shape index (κ1) is 11.5. The van der Waals surface area contributed by atoms with Crippen molar-refractivity contribution in [3.8, 4) is 0 Å². The molecule has 3 heteroatoms. The first-order valence-corrected chi connectivity index (χ1v) is 6.53. The van der Waals surface area contributed by atoms with E-state index in [0.29, 0.717) is 0 Å². The fraction of sp³-hybridized carbons (Fsp3) is 0.400.